The molecule has 2 unspecified atom stereocenters. The number of amides is 2. The maximum absolute atomic E-state index is 13.8. The van der Waals surface area contributed by atoms with Crippen molar-refractivity contribution in [1.29, 1.82) is 5.26 Å². The zero-order chi connectivity index (χ0) is 51.0. The number of aryl methyl sites for hydroxylation is 1. The quantitative estimate of drug-likeness (QED) is 0.0248. The van der Waals surface area contributed by atoms with Gasteiger partial charge in [-0.2, -0.15) is 15.5 Å². The molecule has 0 saturated carbocycles. The van der Waals surface area contributed by atoms with Gasteiger partial charge in [-0.25, -0.2) is 4.98 Å². The van der Waals surface area contributed by atoms with Crippen LogP contribution in [0.3, 0.4) is 0 Å². The fraction of sp³-hybridized carbons (Fsp3) is 0.500. The van der Waals surface area contributed by atoms with Crippen molar-refractivity contribution < 1.29 is 29.7 Å². The number of piperazine rings is 1. The van der Waals surface area contributed by atoms with E-state index in [0.29, 0.717) is 67.0 Å². The monoisotopic (exact) mass is 1010 g/mol. The van der Waals surface area contributed by atoms with E-state index in [2.05, 4.69) is 57.3 Å². The molecule has 2 saturated heterocycles. The molecule has 0 radical (unpaired) electrons. The van der Waals surface area contributed by atoms with Gasteiger partial charge in [0.25, 0.3) is 5.91 Å². The number of likely N-dealkylation sites (tertiary alicyclic amines) is 1. The summed E-state index contributed by atoms with van der Waals surface area (Å²) < 4.78 is 1.73. The molecule has 71 heavy (non-hydrogen) atoms. The second-order valence-corrected chi connectivity index (χ2v) is 20.8. The highest BCUT2D eigenvalue weighted by Gasteiger charge is 2.45. The van der Waals surface area contributed by atoms with Gasteiger partial charge in [-0.3, -0.25) is 39.4 Å². The van der Waals surface area contributed by atoms with Crippen molar-refractivity contribution in [2.45, 2.75) is 104 Å². The van der Waals surface area contributed by atoms with Gasteiger partial charge in [-0.1, -0.05) is 67.9 Å². The van der Waals surface area contributed by atoms with Crippen molar-refractivity contribution in [2.75, 3.05) is 52.4 Å². The van der Waals surface area contributed by atoms with E-state index in [1.807, 2.05) is 83.6 Å². The predicted octanol–water partition coefficient (Wildman–Crippen LogP) is 4.36. The lowest BCUT2D eigenvalue weighted by atomic mass is 9.84. The minimum Gasteiger partial charge on any atom is -0.394 e. The standard InChI is InChI=1S/C50H66ClN13O6S/c1-30(26-63-15-14-40(59-63)36-12-13-37(25-52)39(51)22-36)54-47(67)42-24-41(57-58-42)32(3)60-70-21-20-61-16-18-62(19-17-61)28-44(66)56-46(50(5,6)7)49(69)64-27-38(65)23-43(64)48(68)55-31(2)34-8-10-35(11-9-34)45-33(4)53-29-71-45/h8-15,22,24,29-31,38,43-44,46,49,56,65-66,69H,16-21,23,26-28H2,1-7H3,(H,54,67)(H,55,68)(H,57,58)/b60-32+/t30-,31-,38+,43-,44?,46?,49-/m0/s1. The molecule has 2 fully saturated rings. The number of aromatic nitrogens is 5. The summed E-state index contributed by atoms with van der Waals surface area (Å²) in [5.41, 5.74) is 7.47. The number of β-amino-alcohol motifs (C(OH)–C–C–N with tert-alkyl or cyclic N) is 2. The summed E-state index contributed by atoms with van der Waals surface area (Å²) >= 11 is 7.79. The number of nitrogens with zero attached hydrogens (tertiary/aromatic N) is 9. The van der Waals surface area contributed by atoms with Gasteiger partial charge in [0.1, 0.15) is 30.8 Å². The second kappa shape index (κ2) is 23.7. The van der Waals surface area contributed by atoms with E-state index < -0.39 is 36.1 Å². The Labute approximate surface area is 423 Å². The van der Waals surface area contributed by atoms with Crippen LogP contribution in [0, 0.1) is 23.7 Å². The summed E-state index contributed by atoms with van der Waals surface area (Å²) in [6, 6.07) is 16.8. The number of oxime groups is 1. The number of nitrogens with one attached hydrogen (secondary N) is 4. The SMILES string of the molecule is C/C(=N\OCCN1CCN(CC(O)NC([C@H](O)N2C[C@H](O)C[C@H]2C(=O)N[C@@H](C)c2ccc(-c3scnc3C)cc2)C(C)(C)C)CC1)c1cc(C(=O)N[C@@H](C)Cn2ccc(-c3ccc(C#N)c(Cl)c3)n2)n[nH]1. The second-order valence-electron chi connectivity index (χ2n) is 19.6. The third-order valence-electron chi connectivity index (χ3n) is 13.0. The molecular formula is C50H66ClN13O6S. The van der Waals surface area contributed by atoms with Crippen molar-refractivity contribution in [1.82, 2.24) is 55.6 Å². The Bertz CT molecular complexity index is 2650. The number of carbonyl (C=O) groups is 2. The molecule has 380 valence electrons. The van der Waals surface area contributed by atoms with Crippen LogP contribution in [0.15, 0.2) is 71.5 Å². The molecule has 0 bridgehead atoms. The lowest BCUT2D eigenvalue weighted by molar-refractivity contribution is -0.134. The van der Waals surface area contributed by atoms with Crippen molar-refractivity contribution >= 4 is 40.5 Å². The van der Waals surface area contributed by atoms with E-state index in [-0.39, 0.29) is 42.6 Å². The normalized spacial score (nSPS) is 19.4. The number of carbonyl (C=O) groups excluding carboxylic acids is 2. The average molecular weight is 1010 g/mol. The van der Waals surface area contributed by atoms with Gasteiger partial charge in [-0.05, 0) is 74.9 Å². The molecular weight excluding hydrogens is 946 g/mol. The number of hydrogen-bond acceptors (Lipinski definition) is 16. The van der Waals surface area contributed by atoms with Gasteiger partial charge in [0, 0.05) is 63.6 Å². The van der Waals surface area contributed by atoms with E-state index in [9.17, 15) is 24.9 Å². The Kier molecular flexibility index (Phi) is 17.8. The van der Waals surface area contributed by atoms with Gasteiger partial charge in [0.05, 0.1) is 68.8 Å². The number of nitriles is 1. The predicted molar refractivity (Wildman–Crippen MR) is 272 cm³/mol. The van der Waals surface area contributed by atoms with Crippen molar-refractivity contribution in [3.05, 3.63) is 99.5 Å². The van der Waals surface area contributed by atoms with E-state index in [4.69, 9.17) is 21.7 Å². The zero-order valence-corrected chi connectivity index (χ0v) is 42.9. The first-order valence-corrected chi connectivity index (χ1v) is 25.2. The maximum Gasteiger partial charge on any atom is 0.272 e. The number of aliphatic hydroxyl groups is 3. The van der Waals surface area contributed by atoms with E-state index in [1.54, 1.807) is 52.1 Å². The Hall–Kier alpha value is -5.60. The number of hydrogen-bond donors (Lipinski definition) is 7. The number of aromatic amines is 1. The smallest absolute Gasteiger partial charge is 0.272 e. The average Bonchev–Trinajstić information content (AvgIpc) is 4.18. The molecule has 5 heterocycles. The Morgan fingerprint density at radius 2 is 1.75 bits per heavy atom. The highest BCUT2D eigenvalue weighted by Crippen LogP contribution is 2.31. The van der Waals surface area contributed by atoms with Crippen LogP contribution in [0.25, 0.3) is 21.7 Å². The van der Waals surface area contributed by atoms with Crippen LogP contribution in [0.2, 0.25) is 5.02 Å². The Morgan fingerprint density at radius 3 is 2.42 bits per heavy atom. The third-order valence-corrected chi connectivity index (χ3v) is 14.3. The number of thiazole rings is 1. The largest absolute Gasteiger partial charge is 0.394 e. The van der Waals surface area contributed by atoms with E-state index in [1.165, 1.54) is 0 Å². The molecule has 21 heteroatoms. The number of rotatable bonds is 20. The molecule has 2 amide bonds. The minimum atomic E-state index is -1.17. The zero-order valence-electron chi connectivity index (χ0n) is 41.3. The number of halogens is 1. The van der Waals surface area contributed by atoms with Crippen LogP contribution < -0.4 is 16.0 Å². The molecule has 2 aliphatic heterocycles. The van der Waals surface area contributed by atoms with Crippen molar-refractivity contribution in [3.63, 3.8) is 0 Å². The van der Waals surface area contributed by atoms with E-state index in [0.717, 1.165) is 40.4 Å². The number of H-pyrrole nitrogens is 1. The summed E-state index contributed by atoms with van der Waals surface area (Å²) in [7, 11) is 0. The molecule has 0 aliphatic carbocycles. The van der Waals surface area contributed by atoms with Crippen LogP contribution in [-0.4, -0.2) is 162 Å². The van der Waals surface area contributed by atoms with Gasteiger partial charge in [-0.15, -0.1) is 11.3 Å². The van der Waals surface area contributed by atoms with Gasteiger partial charge in [0.2, 0.25) is 5.91 Å². The molecule has 19 nitrogen and oxygen atoms in total. The van der Waals surface area contributed by atoms with Crippen LogP contribution in [-0.2, 0) is 16.2 Å². The summed E-state index contributed by atoms with van der Waals surface area (Å²) in [6.07, 6.45) is -0.921. The first kappa shape index (κ1) is 53.2. The first-order valence-electron chi connectivity index (χ1n) is 23.9. The number of benzene rings is 2. The molecule has 7 N–H and O–H groups in total. The molecule has 2 aromatic carbocycles. The minimum absolute atomic E-state index is 0.123. The van der Waals surface area contributed by atoms with Gasteiger partial charge < -0.3 is 30.8 Å². The Balaban J connectivity index is 0.816. The van der Waals surface area contributed by atoms with Crippen molar-refractivity contribution in [3.8, 4) is 27.8 Å². The fourth-order valence-electron chi connectivity index (χ4n) is 8.95. The molecule has 3 aromatic heterocycles. The molecule has 5 aromatic rings. The summed E-state index contributed by atoms with van der Waals surface area (Å²) in [4.78, 5) is 44.0. The van der Waals surface area contributed by atoms with Gasteiger partial charge >= 0.3 is 0 Å². The molecule has 0 spiro atoms. The summed E-state index contributed by atoms with van der Waals surface area (Å²) in [5, 5.41) is 68.7. The Morgan fingerprint density at radius 1 is 1.03 bits per heavy atom. The fourth-order valence-corrected chi connectivity index (χ4v) is 9.98. The van der Waals surface area contributed by atoms with Crippen LogP contribution in [0.5, 0.6) is 0 Å². The highest BCUT2D eigenvalue weighted by molar-refractivity contribution is 7.13. The van der Waals surface area contributed by atoms with E-state index >= 15 is 0 Å². The summed E-state index contributed by atoms with van der Waals surface area (Å²) in [6.45, 7) is 18.3. The highest BCUT2D eigenvalue weighted by atomic mass is 35.5. The third kappa shape index (κ3) is 13.9. The molecule has 7 rings (SSSR count). The lowest BCUT2D eigenvalue weighted by Crippen LogP contribution is -2.62. The van der Waals surface area contributed by atoms with Crippen LogP contribution in [0.4, 0.5) is 0 Å². The maximum atomic E-state index is 13.8. The van der Waals surface area contributed by atoms with Crippen LogP contribution >= 0.6 is 22.9 Å². The molecule has 7 atom stereocenters. The summed E-state index contributed by atoms with van der Waals surface area (Å²) in [5.74, 6) is -0.625. The first-order chi connectivity index (χ1) is 33.9. The van der Waals surface area contributed by atoms with Crippen LogP contribution in [0.1, 0.15) is 87.0 Å². The van der Waals surface area contributed by atoms with Gasteiger partial charge in [0.15, 0.2) is 5.69 Å². The number of aliphatic hydroxyl groups excluding tert-OH is 3. The lowest BCUT2D eigenvalue weighted by Gasteiger charge is -2.43. The molecule has 2 aliphatic rings. The van der Waals surface area contributed by atoms with Crippen molar-refractivity contribution in [2.24, 2.45) is 10.6 Å². The topological polar surface area (TPSA) is 245 Å².